The van der Waals surface area contributed by atoms with E-state index in [4.69, 9.17) is 17.3 Å². The number of allylic oxidation sites excluding steroid dienone is 1. The van der Waals surface area contributed by atoms with Crippen LogP contribution in [-0.2, 0) is 15.0 Å². The molecule has 172 valence electrons. The minimum atomic E-state index is -1.68. The quantitative estimate of drug-likeness (QED) is 0.613. The summed E-state index contributed by atoms with van der Waals surface area (Å²) in [5.41, 5.74) is 7.39. The van der Waals surface area contributed by atoms with E-state index in [1.807, 2.05) is 13.8 Å². The van der Waals surface area contributed by atoms with Crippen molar-refractivity contribution in [2.45, 2.75) is 39.0 Å². The molecule has 8 heteroatoms. The summed E-state index contributed by atoms with van der Waals surface area (Å²) in [6.07, 6.45) is 0.639. The van der Waals surface area contributed by atoms with Gasteiger partial charge in [0, 0.05) is 34.0 Å². The van der Waals surface area contributed by atoms with E-state index in [1.54, 1.807) is 36.1 Å². The molecule has 0 bridgehead atoms. The minimum Gasteiger partial charge on any atom is -0.384 e. The monoisotopic (exact) mass is 476 g/mol. The molecular weight excluding hydrogens is 455 g/mol. The second kappa shape index (κ2) is 7.18. The van der Waals surface area contributed by atoms with Gasteiger partial charge >= 0.3 is 0 Å². The molecule has 3 aliphatic rings. The van der Waals surface area contributed by atoms with Crippen LogP contribution in [0.4, 0.5) is 15.8 Å². The van der Waals surface area contributed by atoms with Crippen LogP contribution in [0.25, 0.3) is 0 Å². The second-order valence-electron chi connectivity index (χ2n) is 9.75. The number of carbonyl (C=O) groups excluding carboxylic acids is 2. The Morgan fingerprint density at radius 2 is 1.82 bits per heavy atom. The molecule has 0 aromatic heterocycles. The number of halogens is 2. The van der Waals surface area contributed by atoms with Gasteiger partial charge in [-0.15, -0.1) is 0 Å². The van der Waals surface area contributed by atoms with Gasteiger partial charge in [0.25, 0.3) is 0 Å². The summed E-state index contributed by atoms with van der Waals surface area (Å²) < 4.78 is 13.7. The van der Waals surface area contributed by atoms with Crippen molar-refractivity contribution in [3.63, 3.8) is 0 Å². The number of fused-ring (bicyclic) bond motifs is 3. The van der Waals surface area contributed by atoms with E-state index in [-0.39, 0.29) is 29.2 Å². The van der Waals surface area contributed by atoms with E-state index in [9.17, 15) is 19.2 Å². The third kappa shape index (κ3) is 2.78. The molecule has 6 nitrogen and oxygen atoms in total. The zero-order chi connectivity index (χ0) is 24.6. The summed E-state index contributed by atoms with van der Waals surface area (Å²) in [6.45, 7) is 5.71. The van der Waals surface area contributed by atoms with E-state index >= 15 is 0 Å². The van der Waals surface area contributed by atoms with Crippen LogP contribution in [0.15, 0.2) is 59.1 Å². The van der Waals surface area contributed by atoms with Gasteiger partial charge in [-0.25, -0.2) is 4.39 Å². The van der Waals surface area contributed by atoms with Gasteiger partial charge in [0.2, 0.25) is 5.91 Å². The Kier molecular flexibility index (Phi) is 4.68. The van der Waals surface area contributed by atoms with E-state index < -0.39 is 22.6 Å². The van der Waals surface area contributed by atoms with Crippen molar-refractivity contribution in [3.8, 4) is 6.07 Å². The molecule has 0 unspecified atom stereocenters. The molecule has 0 saturated heterocycles. The van der Waals surface area contributed by atoms with Gasteiger partial charge < -0.3 is 11.1 Å². The van der Waals surface area contributed by atoms with Crippen molar-refractivity contribution < 1.29 is 14.0 Å². The lowest BCUT2D eigenvalue weighted by Crippen LogP contribution is -2.52. The van der Waals surface area contributed by atoms with Gasteiger partial charge in [-0.3, -0.25) is 14.5 Å². The summed E-state index contributed by atoms with van der Waals surface area (Å²) in [4.78, 5) is 29.2. The van der Waals surface area contributed by atoms with Gasteiger partial charge in [0.1, 0.15) is 23.1 Å². The summed E-state index contributed by atoms with van der Waals surface area (Å²) in [5.74, 6) is -1.12. The molecule has 1 aliphatic carbocycles. The summed E-state index contributed by atoms with van der Waals surface area (Å²) in [5, 5.41) is 13.7. The van der Waals surface area contributed by atoms with E-state index in [2.05, 4.69) is 11.4 Å². The van der Waals surface area contributed by atoms with E-state index in [0.717, 1.165) is 0 Å². The first-order valence-corrected chi connectivity index (χ1v) is 11.2. The summed E-state index contributed by atoms with van der Waals surface area (Å²) >= 11 is 6.31. The van der Waals surface area contributed by atoms with Crippen LogP contribution in [0, 0.1) is 29.5 Å². The fourth-order valence-electron chi connectivity index (χ4n) is 5.49. The fourth-order valence-corrected chi connectivity index (χ4v) is 5.65. The predicted octanol–water partition coefficient (Wildman–Crippen LogP) is 4.83. The molecule has 2 heterocycles. The number of nitriles is 1. The Labute approximate surface area is 201 Å². The zero-order valence-electron chi connectivity index (χ0n) is 18.9. The lowest BCUT2D eigenvalue weighted by Gasteiger charge is -2.46. The highest BCUT2D eigenvalue weighted by molar-refractivity contribution is 6.32. The smallest absolute Gasteiger partial charge is 0.245 e. The van der Waals surface area contributed by atoms with Crippen molar-refractivity contribution in [2.75, 3.05) is 10.2 Å². The van der Waals surface area contributed by atoms with Crippen LogP contribution >= 0.6 is 11.6 Å². The number of rotatable bonds is 1. The predicted molar refractivity (Wildman–Crippen MR) is 127 cm³/mol. The molecule has 5 rings (SSSR count). The number of hydrogen-bond acceptors (Lipinski definition) is 5. The number of Topliss-reactive ketones (excluding diaryl/α,β-unsaturated/α-hetero) is 1. The van der Waals surface area contributed by atoms with Crippen LogP contribution in [0.1, 0.15) is 37.8 Å². The first-order valence-electron chi connectivity index (χ1n) is 10.9. The third-order valence-corrected chi connectivity index (χ3v) is 7.36. The van der Waals surface area contributed by atoms with Crippen molar-refractivity contribution in [1.82, 2.24) is 0 Å². The fraction of sp³-hybridized carbons (Fsp3) is 0.269. The largest absolute Gasteiger partial charge is 0.384 e. The van der Waals surface area contributed by atoms with Gasteiger partial charge in [-0.05, 0) is 54.7 Å². The molecule has 0 saturated carbocycles. The van der Waals surface area contributed by atoms with E-state index in [1.165, 1.54) is 12.1 Å². The third-order valence-electron chi connectivity index (χ3n) is 6.95. The van der Waals surface area contributed by atoms with Gasteiger partial charge in [0.15, 0.2) is 5.78 Å². The van der Waals surface area contributed by atoms with Crippen LogP contribution in [-0.4, -0.2) is 11.7 Å². The number of ketones is 1. The lowest BCUT2D eigenvalue weighted by atomic mass is 9.60. The van der Waals surface area contributed by atoms with Crippen molar-refractivity contribution in [1.29, 1.82) is 5.26 Å². The maximum atomic E-state index is 13.8. The SMILES string of the molecule is Cc1c(Cl)ccc2c1NC(=O)[C@]21C(C#N)=C(N)N(c2ccc(F)cc2)C2=C1C(=O)CC(C)(C)C2. The van der Waals surface area contributed by atoms with Crippen LogP contribution in [0.2, 0.25) is 5.02 Å². The Hall–Kier alpha value is -3.63. The zero-order valence-corrected chi connectivity index (χ0v) is 19.7. The van der Waals surface area contributed by atoms with E-state index in [0.29, 0.717) is 39.6 Å². The van der Waals surface area contributed by atoms with Gasteiger partial charge in [0.05, 0.1) is 11.3 Å². The number of nitrogens with two attached hydrogens (primary N) is 1. The molecule has 34 heavy (non-hydrogen) atoms. The second-order valence-corrected chi connectivity index (χ2v) is 10.2. The first kappa shape index (κ1) is 22.2. The number of carbonyl (C=O) groups is 2. The topological polar surface area (TPSA) is 99.2 Å². The van der Waals surface area contributed by atoms with Crippen molar-refractivity contribution in [2.24, 2.45) is 11.1 Å². The minimum absolute atomic E-state index is 0.0361. The molecule has 1 atom stereocenters. The molecule has 3 N–H and O–H groups in total. The lowest BCUT2D eigenvalue weighted by molar-refractivity contribution is -0.123. The molecule has 2 aromatic rings. The number of hydrogen-bond donors (Lipinski definition) is 2. The first-order chi connectivity index (χ1) is 16.0. The maximum Gasteiger partial charge on any atom is 0.245 e. The highest BCUT2D eigenvalue weighted by atomic mass is 35.5. The van der Waals surface area contributed by atoms with Gasteiger partial charge in [-0.2, -0.15) is 5.26 Å². The van der Waals surface area contributed by atoms with Gasteiger partial charge in [-0.1, -0.05) is 31.5 Å². The average Bonchev–Trinajstić information content (AvgIpc) is 3.04. The van der Waals surface area contributed by atoms with Crippen molar-refractivity contribution >= 4 is 34.7 Å². The summed E-state index contributed by atoms with van der Waals surface area (Å²) in [7, 11) is 0. The standard InChI is InChI=1S/C26H22ClFN4O2/c1-13-18(27)9-8-16-22(13)31-24(34)26(16)17(12-29)23(30)32(15-6-4-14(28)5-7-15)19-10-25(2,3)11-20(33)21(19)26/h4-9H,10-11,30H2,1-3H3,(H,31,34)/t26-/m0/s1. The molecular formula is C26H22ClFN4O2. The number of anilines is 2. The van der Waals surface area contributed by atoms with Crippen molar-refractivity contribution in [3.05, 3.63) is 81.0 Å². The molecule has 2 aliphatic heterocycles. The number of amides is 1. The maximum absolute atomic E-state index is 13.8. The molecule has 2 aromatic carbocycles. The van der Waals surface area contributed by atoms with Crippen LogP contribution < -0.4 is 16.0 Å². The molecule has 1 spiro atoms. The summed E-state index contributed by atoms with van der Waals surface area (Å²) in [6, 6.07) is 11.1. The molecule has 0 fully saturated rings. The van der Waals surface area contributed by atoms with Crippen LogP contribution in [0.5, 0.6) is 0 Å². The average molecular weight is 477 g/mol. The Bertz CT molecular complexity index is 1400. The normalized spacial score (nSPS) is 23.1. The van der Waals surface area contributed by atoms with Crippen LogP contribution in [0.3, 0.4) is 0 Å². The highest BCUT2D eigenvalue weighted by Crippen LogP contribution is 2.57. The molecule has 0 radical (unpaired) electrons. The number of nitrogens with one attached hydrogen (secondary N) is 1. The Morgan fingerprint density at radius 3 is 2.47 bits per heavy atom. The number of nitrogens with zero attached hydrogens (tertiary/aromatic N) is 2. The Morgan fingerprint density at radius 1 is 1.15 bits per heavy atom. The Balaban J connectivity index is 1.91. The number of benzene rings is 2. The highest BCUT2D eigenvalue weighted by Gasteiger charge is 2.61. The molecule has 1 amide bonds.